The van der Waals surface area contributed by atoms with E-state index in [0.29, 0.717) is 37.2 Å². The van der Waals surface area contributed by atoms with Crippen molar-refractivity contribution in [2.24, 2.45) is 11.8 Å². The predicted molar refractivity (Wildman–Crippen MR) is 192 cm³/mol. The second-order valence-electron chi connectivity index (χ2n) is 12.3. The van der Waals surface area contributed by atoms with Gasteiger partial charge in [-0.15, -0.1) is 0 Å². The summed E-state index contributed by atoms with van der Waals surface area (Å²) >= 11 is 0. The molecule has 0 aliphatic heterocycles. The summed E-state index contributed by atoms with van der Waals surface area (Å²) in [6.07, 6.45) is 1.62. The molecule has 52 heavy (non-hydrogen) atoms. The van der Waals surface area contributed by atoms with Crippen molar-refractivity contribution < 1.29 is 58.4 Å². The van der Waals surface area contributed by atoms with Crippen LogP contribution < -0.4 is 18.9 Å². The highest BCUT2D eigenvalue weighted by Gasteiger charge is 2.27. The van der Waals surface area contributed by atoms with E-state index in [4.69, 9.17) is 28.4 Å². The Kier molecular flexibility index (Phi) is 14.3. The lowest BCUT2D eigenvalue weighted by molar-refractivity contribution is -0.149. The van der Waals surface area contributed by atoms with E-state index in [1.165, 1.54) is 52.7 Å². The topological polar surface area (TPSA) is 170 Å². The highest BCUT2D eigenvalue weighted by Crippen LogP contribution is 2.33. The van der Waals surface area contributed by atoms with Gasteiger partial charge in [-0.05, 0) is 96.5 Å². The van der Waals surface area contributed by atoms with E-state index in [-0.39, 0.29) is 72.4 Å². The lowest BCUT2D eigenvalue weighted by Gasteiger charge is -2.27. The number of aryl methyl sites for hydroxylation is 2. The first-order valence-corrected chi connectivity index (χ1v) is 16.8. The molecule has 0 fully saturated rings. The molecule has 278 valence electrons. The first-order chi connectivity index (χ1) is 25.0. The molecule has 0 radical (unpaired) electrons. The Bertz CT molecular complexity index is 1670. The van der Waals surface area contributed by atoms with Gasteiger partial charge in [-0.25, -0.2) is 0 Å². The van der Waals surface area contributed by atoms with Crippen LogP contribution in [0.4, 0.5) is 0 Å². The van der Waals surface area contributed by atoms with Crippen LogP contribution in [0.25, 0.3) is 0 Å². The molecule has 0 aliphatic rings. The molecule has 0 aliphatic carbocycles. The van der Waals surface area contributed by atoms with Gasteiger partial charge in [0.2, 0.25) is 0 Å². The van der Waals surface area contributed by atoms with Crippen molar-refractivity contribution >= 4 is 11.9 Å². The van der Waals surface area contributed by atoms with Crippen molar-refractivity contribution in [2.75, 3.05) is 41.7 Å². The third-order valence-electron chi connectivity index (χ3n) is 8.79. The van der Waals surface area contributed by atoms with Crippen molar-refractivity contribution in [3.8, 4) is 46.0 Å². The second-order valence-corrected chi connectivity index (χ2v) is 12.3. The number of benzene rings is 4. The Morgan fingerprint density at radius 1 is 0.481 bits per heavy atom. The van der Waals surface area contributed by atoms with Crippen LogP contribution in [0.3, 0.4) is 0 Å². The zero-order valence-electron chi connectivity index (χ0n) is 29.8. The molecule has 0 heterocycles. The van der Waals surface area contributed by atoms with Gasteiger partial charge in [0.25, 0.3) is 0 Å². The number of aromatic hydroxyl groups is 4. The molecule has 0 saturated carbocycles. The average molecular weight is 719 g/mol. The van der Waals surface area contributed by atoms with Crippen molar-refractivity contribution in [3.05, 3.63) is 95.1 Å². The first-order valence-electron chi connectivity index (χ1n) is 16.8. The number of carbonyl (C=O) groups excluding carboxylic acids is 2. The monoisotopic (exact) mass is 718 g/mol. The molecular formula is C40H46O12. The maximum absolute atomic E-state index is 13.1. The van der Waals surface area contributed by atoms with Gasteiger partial charge in [-0.2, -0.15) is 0 Å². The predicted octanol–water partition coefficient (Wildman–Crippen LogP) is 5.91. The summed E-state index contributed by atoms with van der Waals surface area (Å²) in [6, 6.07) is 19.7. The maximum Gasteiger partial charge on any atom is 0.306 e. The molecule has 0 aromatic heterocycles. The maximum atomic E-state index is 13.1. The van der Waals surface area contributed by atoms with E-state index >= 15 is 0 Å². The van der Waals surface area contributed by atoms with Gasteiger partial charge in [-0.3, -0.25) is 9.59 Å². The molecule has 2 atom stereocenters. The first kappa shape index (κ1) is 39.0. The number of esters is 2. The Hall–Kier alpha value is -5.78. The highest BCUT2D eigenvalue weighted by atomic mass is 16.5. The summed E-state index contributed by atoms with van der Waals surface area (Å²) in [4.78, 5) is 26.2. The lowest BCUT2D eigenvalue weighted by atomic mass is 9.83. The quantitative estimate of drug-likeness (QED) is 0.0847. The van der Waals surface area contributed by atoms with E-state index in [1.54, 1.807) is 48.5 Å². The highest BCUT2D eigenvalue weighted by molar-refractivity contribution is 5.70. The molecule has 0 bridgehead atoms. The fourth-order valence-corrected chi connectivity index (χ4v) is 5.82. The molecule has 4 N–H and O–H groups in total. The zero-order valence-corrected chi connectivity index (χ0v) is 29.8. The number of rotatable bonds is 19. The minimum atomic E-state index is -0.438. The molecule has 4 aromatic rings. The van der Waals surface area contributed by atoms with Crippen LogP contribution in [-0.2, 0) is 44.7 Å². The number of methoxy groups -OCH3 is 4. The van der Waals surface area contributed by atoms with Gasteiger partial charge in [0, 0.05) is 24.7 Å². The van der Waals surface area contributed by atoms with Crippen LogP contribution in [-0.4, -0.2) is 74.0 Å². The Balaban J connectivity index is 1.55. The number of phenols is 4. The molecular weight excluding hydrogens is 672 g/mol. The van der Waals surface area contributed by atoms with Crippen LogP contribution in [0, 0.1) is 11.8 Å². The van der Waals surface area contributed by atoms with Crippen LogP contribution in [0.5, 0.6) is 46.0 Å². The molecule has 4 aromatic carbocycles. The largest absolute Gasteiger partial charge is 0.504 e. The summed E-state index contributed by atoms with van der Waals surface area (Å²) in [5, 5.41) is 40.3. The summed E-state index contributed by atoms with van der Waals surface area (Å²) in [6.45, 7) is -0.0165. The molecule has 12 nitrogen and oxygen atoms in total. The molecule has 0 spiro atoms. The fraction of sp³-hybridized carbons (Fsp3) is 0.350. The van der Waals surface area contributed by atoms with Gasteiger partial charge in [0.1, 0.15) is 0 Å². The van der Waals surface area contributed by atoms with Crippen molar-refractivity contribution in [1.82, 2.24) is 0 Å². The molecule has 4 rings (SSSR count). The normalized spacial score (nSPS) is 12.0. The summed E-state index contributed by atoms with van der Waals surface area (Å²) in [7, 11) is 5.81. The SMILES string of the molecule is COc1cc(CCC(=O)OC[C@H](Cc2ccc(O)c(OC)c2)[C@H](COC(=O)CCc2ccc(O)c(OC)c2)Cc2ccc(O)c(OC)c2)ccc1O. The van der Waals surface area contributed by atoms with E-state index in [0.717, 1.165) is 22.3 Å². The smallest absolute Gasteiger partial charge is 0.306 e. The lowest BCUT2D eigenvalue weighted by Crippen LogP contribution is -2.30. The van der Waals surface area contributed by atoms with Gasteiger partial charge in [-0.1, -0.05) is 24.3 Å². The van der Waals surface area contributed by atoms with Crippen molar-refractivity contribution in [3.63, 3.8) is 0 Å². The van der Waals surface area contributed by atoms with E-state index < -0.39 is 11.9 Å². The minimum absolute atomic E-state index is 0.00102. The summed E-state index contributed by atoms with van der Waals surface area (Å²) < 4.78 is 32.7. The van der Waals surface area contributed by atoms with E-state index in [1.807, 2.05) is 0 Å². The number of hydrogen-bond acceptors (Lipinski definition) is 12. The number of ether oxygens (including phenoxy) is 6. The number of carbonyl (C=O) groups is 2. The molecule has 0 saturated heterocycles. The summed E-state index contributed by atoms with van der Waals surface area (Å²) in [5.74, 6) is -0.476. The third-order valence-corrected chi connectivity index (χ3v) is 8.79. The van der Waals surface area contributed by atoms with Gasteiger partial charge in [0.15, 0.2) is 46.0 Å². The van der Waals surface area contributed by atoms with E-state index in [2.05, 4.69) is 0 Å². The van der Waals surface area contributed by atoms with Gasteiger partial charge < -0.3 is 48.8 Å². The van der Waals surface area contributed by atoms with Crippen LogP contribution in [0.15, 0.2) is 72.8 Å². The van der Waals surface area contributed by atoms with Crippen LogP contribution in [0.1, 0.15) is 35.1 Å². The Morgan fingerprint density at radius 3 is 1.08 bits per heavy atom. The summed E-state index contributed by atoms with van der Waals surface area (Å²) in [5.41, 5.74) is 3.17. The molecule has 0 unspecified atom stereocenters. The van der Waals surface area contributed by atoms with Crippen LogP contribution >= 0.6 is 0 Å². The van der Waals surface area contributed by atoms with Gasteiger partial charge in [0.05, 0.1) is 41.7 Å². The molecule has 12 heteroatoms. The van der Waals surface area contributed by atoms with Crippen molar-refractivity contribution in [1.29, 1.82) is 0 Å². The van der Waals surface area contributed by atoms with Gasteiger partial charge >= 0.3 is 11.9 Å². The van der Waals surface area contributed by atoms with Crippen molar-refractivity contribution in [2.45, 2.75) is 38.5 Å². The van der Waals surface area contributed by atoms with E-state index in [9.17, 15) is 30.0 Å². The second kappa shape index (κ2) is 19.0. The standard InChI is InChI=1S/C40H46O12/c1-47-35-19-25(5-11-31(35)41)9-15-39(45)51-23-29(17-27-7-13-33(43)37(21-27)49-3)30(18-28-8-14-34(44)38(22-28)50-4)24-52-40(46)16-10-26-6-12-32(42)36(20-26)48-2/h5-8,11-14,19-22,29-30,41-44H,9-10,15-18,23-24H2,1-4H3/t29-,30-/m0/s1. The number of phenolic OH excluding ortho intramolecular Hbond substituents is 4. The number of hydrogen-bond donors (Lipinski definition) is 4. The fourth-order valence-electron chi connectivity index (χ4n) is 5.82. The minimum Gasteiger partial charge on any atom is -0.504 e. The zero-order chi connectivity index (χ0) is 37.6. The Labute approximate surface area is 303 Å². The average Bonchev–Trinajstić information content (AvgIpc) is 3.15. The molecule has 0 amide bonds. The third kappa shape index (κ3) is 11.1. The Morgan fingerprint density at radius 2 is 0.769 bits per heavy atom. The van der Waals surface area contributed by atoms with Crippen LogP contribution in [0.2, 0.25) is 0 Å².